The Kier molecular flexibility index (Phi) is 44.3. The summed E-state index contributed by atoms with van der Waals surface area (Å²) in [7, 11) is 0. The lowest BCUT2D eigenvalue weighted by molar-refractivity contribution is -0.929. The highest BCUT2D eigenvalue weighted by molar-refractivity contribution is 4.56. The zero-order valence-electron chi connectivity index (χ0n) is 37.0. The van der Waals surface area contributed by atoms with Gasteiger partial charge in [0.25, 0.3) is 0 Å². The Morgan fingerprint density at radius 3 is 0.412 bits per heavy atom. The van der Waals surface area contributed by atoms with E-state index in [0.717, 1.165) is 0 Å². The maximum atomic E-state index is 2.37. The number of hydrogen-bond acceptors (Lipinski definition) is 0. The summed E-state index contributed by atoms with van der Waals surface area (Å²) in [5.41, 5.74) is 0. The molecule has 1 nitrogen and oxygen atoms in total. The minimum atomic E-state index is 1.37. The van der Waals surface area contributed by atoms with Gasteiger partial charge in [-0.25, -0.2) is 0 Å². The van der Waals surface area contributed by atoms with Crippen LogP contribution in [0.1, 0.15) is 297 Å². The fraction of sp³-hybridized carbons (Fsp3) is 1.00. The Morgan fingerprint density at radius 2 is 0.275 bits per heavy atom. The molecule has 0 unspecified atom stereocenters. The van der Waals surface area contributed by atoms with Gasteiger partial charge in [-0.2, -0.15) is 0 Å². The smallest absolute Gasteiger partial charge is 0.0786 e. The predicted octanol–water partition coefficient (Wildman–Crippen LogP) is 18.3. The molecule has 0 aromatic carbocycles. The first-order valence-corrected chi connectivity index (χ1v) is 25.1. The third-order valence-corrected chi connectivity index (χ3v) is 12.4. The average Bonchev–Trinajstić information content (AvgIpc) is 3.14. The molecule has 0 amide bonds. The largest absolute Gasteiger partial charge is 0.324 e. The lowest BCUT2D eigenvalue weighted by Gasteiger charge is -2.40. The van der Waals surface area contributed by atoms with Crippen molar-refractivity contribution in [2.45, 2.75) is 297 Å². The number of nitrogens with zero attached hydrogens (tertiary/aromatic N) is 1. The summed E-state index contributed by atoms with van der Waals surface area (Å²) < 4.78 is 1.48. The maximum absolute atomic E-state index is 2.37. The van der Waals surface area contributed by atoms with E-state index in [1.807, 2.05) is 0 Å². The summed E-state index contributed by atoms with van der Waals surface area (Å²) in [6, 6.07) is 0. The summed E-state index contributed by atoms with van der Waals surface area (Å²) in [6.07, 6.45) is 61.7. The summed E-state index contributed by atoms with van der Waals surface area (Å²) in [4.78, 5) is 0. The molecule has 0 rings (SSSR count). The van der Waals surface area contributed by atoms with Crippen molar-refractivity contribution in [2.24, 2.45) is 0 Å². The van der Waals surface area contributed by atoms with Gasteiger partial charge in [0.2, 0.25) is 0 Å². The molecule has 0 atom stereocenters. The third kappa shape index (κ3) is 39.5. The molecule has 0 spiro atoms. The van der Waals surface area contributed by atoms with Crippen LogP contribution in [0.3, 0.4) is 0 Å². The van der Waals surface area contributed by atoms with E-state index in [1.165, 1.54) is 300 Å². The van der Waals surface area contributed by atoms with E-state index in [9.17, 15) is 0 Å². The summed E-state index contributed by atoms with van der Waals surface area (Å²) in [5, 5.41) is 0. The molecule has 0 bridgehead atoms. The van der Waals surface area contributed by atoms with Crippen LogP contribution in [0.2, 0.25) is 0 Å². The molecule has 0 heterocycles. The van der Waals surface area contributed by atoms with Crippen molar-refractivity contribution in [3.05, 3.63) is 0 Å². The van der Waals surface area contributed by atoms with Gasteiger partial charge < -0.3 is 4.48 Å². The van der Waals surface area contributed by atoms with Crippen molar-refractivity contribution < 1.29 is 4.48 Å². The fourth-order valence-corrected chi connectivity index (χ4v) is 8.76. The van der Waals surface area contributed by atoms with Crippen LogP contribution >= 0.6 is 0 Å². The maximum Gasteiger partial charge on any atom is 0.0786 e. The van der Waals surface area contributed by atoms with Gasteiger partial charge in [0, 0.05) is 0 Å². The fourth-order valence-electron chi connectivity index (χ4n) is 8.76. The van der Waals surface area contributed by atoms with Gasteiger partial charge in [-0.15, -0.1) is 0 Å². The lowest BCUT2D eigenvalue weighted by Crippen LogP contribution is -2.50. The standard InChI is InChI=1S/C50H104N/c1-5-9-13-17-19-21-23-25-27-29-31-33-35-37-41-45-49-51(47-43-39-15-11-7-3,48-44-40-16-12-8-4)50-46-42-38-36-34-32-30-28-26-24-22-20-18-14-10-6-2/h5-50H2,1-4H3/q+1. The number of quaternary nitrogens is 1. The Morgan fingerprint density at radius 1 is 0.157 bits per heavy atom. The Bertz CT molecular complexity index is 546. The van der Waals surface area contributed by atoms with Crippen LogP contribution < -0.4 is 0 Å². The molecule has 0 aliphatic rings. The SMILES string of the molecule is CCCCCCCCCCCCCCCCCC[N+](CCCCCCC)(CCCCCCC)CCCCCCCCCCCCCCCCCC. The molecule has 0 aliphatic carbocycles. The van der Waals surface area contributed by atoms with Crippen LogP contribution in [0.5, 0.6) is 0 Å². The quantitative estimate of drug-likeness (QED) is 0.0434. The van der Waals surface area contributed by atoms with Crippen molar-refractivity contribution >= 4 is 0 Å². The lowest BCUT2D eigenvalue weighted by atomic mass is 10.0. The van der Waals surface area contributed by atoms with Crippen molar-refractivity contribution in [1.29, 1.82) is 0 Å². The van der Waals surface area contributed by atoms with Gasteiger partial charge in [0.05, 0.1) is 26.2 Å². The van der Waals surface area contributed by atoms with Crippen molar-refractivity contribution in [1.82, 2.24) is 0 Å². The average molecular weight is 719 g/mol. The molecule has 0 saturated heterocycles. The third-order valence-electron chi connectivity index (χ3n) is 12.4. The topological polar surface area (TPSA) is 0 Å². The summed E-state index contributed by atoms with van der Waals surface area (Å²) >= 11 is 0. The first-order valence-electron chi connectivity index (χ1n) is 25.1. The minimum Gasteiger partial charge on any atom is -0.324 e. The van der Waals surface area contributed by atoms with E-state index >= 15 is 0 Å². The second kappa shape index (κ2) is 44.4. The second-order valence-electron chi connectivity index (χ2n) is 17.7. The number of unbranched alkanes of at least 4 members (excludes halogenated alkanes) is 38. The van der Waals surface area contributed by atoms with E-state index in [1.54, 1.807) is 0 Å². The molecule has 0 aromatic rings. The molecule has 51 heavy (non-hydrogen) atoms. The molecular formula is C50H104N+. The van der Waals surface area contributed by atoms with Gasteiger partial charge in [0.1, 0.15) is 0 Å². The van der Waals surface area contributed by atoms with Crippen LogP contribution in [0.15, 0.2) is 0 Å². The predicted molar refractivity (Wildman–Crippen MR) is 236 cm³/mol. The van der Waals surface area contributed by atoms with Crippen LogP contribution in [0.25, 0.3) is 0 Å². The number of rotatable bonds is 46. The van der Waals surface area contributed by atoms with Crippen molar-refractivity contribution in [3.63, 3.8) is 0 Å². The van der Waals surface area contributed by atoms with Crippen LogP contribution in [0.4, 0.5) is 0 Å². The molecule has 0 radical (unpaired) electrons. The van der Waals surface area contributed by atoms with Crippen LogP contribution in [0, 0.1) is 0 Å². The molecule has 1 heteroatoms. The monoisotopic (exact) mass is 719 g/mol. The normalized spacial score (nSPS) is 12.0. The minimum absolute atomic E-state index is 1.37. The van der Waals surface area contributed by atoms with E-state index < -0.39 is 0 Å². The first kappa shape index (κ1) is 51.0. The molecule has 0 N–H and O–H groups in total. The molecule has 0 fully saturated rings. The van der Waals surface area contributed by atoms with E-state index in [2.05, 4.69) is 27.7 Å². The van der Waals surface area contributed by atoms with Gasteiger partial charge in [-0.3, -0.25) is 0 Å². The molecular weight excluding hydrogens is 615 g/mol. The second-order valence-corrected chi connectivity index (χ2v) is 17.7. The number of hydrogen-bond donors (Lipinski definition) is 0. The highest BCUT2D eigenvalue weighted by Gasteiger charge is 2.25. The van der Waals surface area contributed by atoms with Gasteiger partial charge >= 0.3 is 0 Å². The van der Waals surface area contributed by atoms with Crippen molar-refractivity contribution in [3.8, 4) is 0 Å². The van der Waals surface area contributed by atoms with Gasteiger partial charge in [0.15, 0.2) is 0 Å². The van der Waals surface area contributed by atoms with Crippen molar-refractivity contribution in [2.75, 3.05) is 26.2 Å². The zero-order chi connectivity index (χ0) is 37.0. The first-order chi connectivity index (χ1) is 25.2. The van der Waals surface area contributed by atoms with E-state index in [-0.39, 0.29) is 0 Å². The van der Waals surface area contributed by atoms with E-state index in [0.29, 0.717) is 0 Å². The van der Waals surface area contributed by atoms with Crippen LogP contribution in [-0.2, 0) is 0 Å². The van der Waals surface area contributed by atoms with Crippen LogP contribution in [-0.4, -0.2) is 30.7 Å². The molecule has 308 valence electrons. The molecule has 0 aromatic heterocycles. The zero-order valence-corrected chi connectivity index (χ0v) is 37.0. The molecule has 0 aliphatic heterocycles. The Hall–Kier alpha value is -0.0400. The summed E-state index contributed by atoms with van der Waals surface area (Å²) in [5.74, 6) is 0. The summed E-state index contributed by atoms with van der Waals surface area (Å²) in [6.45, 7) is 15.3. The van der Waals surface area contributed by atoms with Gasteiger partial charge in [-0.05, 0) is 51.4 Å². The highest BCUT2D eigenvalue weighted by atomic mass is 15.3. The van der Waals surface area contributed by atoms with E-state index in [4.69, 9.17) is 0 Å². The molecule has 0 saturated carbocycles. The Balaban J connectivity index is 4.38. The Labute approximate surface area is 327 Å². The highest BCUT2D eigenvalue weighted by Crippen LogP contribution is 2.21. The van der Waals surface area contributed by atoms with Gasteiger partial charge in [-0.1, -0.05) is 246 Å².